The van der Waals surface area contributed by atoms with Crippen molar-refractivity contribution in [1.82, 2.24) is 0 Å². The van der Waals surface area contributed by atoms with Crippen molar-refractivity contribution < 1.29 is 27.1 Å². The van der Waals surface area contributed by atoms with Gasteiger partial charge in [0.1, 0.15) is 11.9 Å². The van der Waals surface area contributed by atoms with Crippen LogP contribution in [0.4, 0.5) is 17.6 Å². The van der Waals surface area contributed by atoms with Gasteiger partial charge in [-0.1, -0.05) is 0 Å². The maximum absolute atomic E-state index is 13.0. The van der Waals surface area contributed by atoms with E-state index >= 15 is 0 Å². The summed E-state index contributed by atoms with van der Waals surface area (Å²) >= 11 is 0. The Hall–Kier alpha value is -1.59. The summed E-state index contributed by atoms with van der Waals surface area (Å²) in [5.74, 6) is -2.24. The summed E-state index contributed by atoms with van der Waals surface area (Å²) in [6, 6.07) is 2.10. The molecule has 0 N–H and O–H groups in total. The predicted octanol–water partition coefficient (Wildman–Crippen LogP) is 3.55. The highest BCUT2D eigenvalue weighted by Crippen LogP contribution is 2.32. The van der Waals surface area contributed by atoms with E-state index in [0.29, 0.717) is 12.1 Å². The van der Waals surface area contributed by atoms with Crippen LogP contribution in [0, 0.1) is 5.82 Å². The minimum Gasteiger partial charge on any atom is -0.459 e. The SMILES string of the molecule is O=C(OC1CCC1)c1ccc(F)c(C(F)(F)F)c1. The topological polar surface area (TPSA) is 26.3 Å². The van der Waals surface area contributed by atoms with Crippen molar-refractivity contribution in [1.29, 1.82) is 0 Å². The van der Waals surface area contributed by atoms with Gasteiger partial charge in [0.05, 0.1) is 11.1 Å². The van der Waals surface area contributed by atoms with Gasteiger partial charge in [0.25, 0.3) is 0 Å². The first-order valence-electron chi connectivity index (χ1n) is 5.45. The lowest BCUT2D eigenvalue weighted by molar-refractivity contribution is -0.140. The molecule has 18 heavy (non-hydrogen) atoms. The zero-order chi connectivity index (χ0) is 13.3. The third-order valence-corrected chi connectivity index (χ3v) is 2.83. The van der Waals surface area contributed by atoms with Crippen LogP contribution >= 0.6 is 0 Å². The molecule has 0 spiro atoms. The van der Waals surface area contributed by atoms with Gasteiger partial charge >= 0.3 is 12.1 Å². The number of esters is 1. The van der Waals surface area contributed by atoms with E-state index in [-0.39, 0.29) is 11.7 Å². The number of benzene rings is 1. The monoisotopic (exact) mass is 262 g/mol. The van der Waals surface area contributed by atoms with Crippen LogP contribution in [0.1, 0.15) is 35.2 Å². The highest BCUT2D eigenvalue weighted by molar-refractivity contribution is 5.89. The van der Waals surface area contributed by atoms with Gasteiger partial charge in [-0.05, 0) is 37.5 Å². The molecule has 6 heteroatoms. The third-order valence-electron chi connectivity index (χ3n) is 2.83. The van der Waals surface area contributed by atoms with Crippen LogP contribution in [0.2, 0.25) is 0 Å². The van der Waals surface area contributed by atoms with Crippen LogP contribution in [0.15, 0.2) is 18.2 Å². The number of carbonyl (C=O) groups excluding carboxylic acids is 1. The van der Waals surface area contributed by atoms with Crippen molar-refractivity contribution in [3.8, 4) is 0 Å². The fourth-order valence-electron chi connectivity index (χ4n) is 1.58. The Balaban J connectivity index is 2.20. The lowest BCUT2D eigenvalue weighted by atomic mass is 9.96. The molecule has 1 aromatic rings. The molecule has 0 atom stereocenters. The fourth-order valence-corrected chi connectivity index (χ4v) is 1.58. The van der Waals surface area contributed by atoms with Crippen LogP contribution in [0.25, 0.3) is 0 Å². The van der Waals surface area contributed by atoms with Crippen molar-refractivity contribution in [3.05, 3.63) is 35.1 Å². The van der Waals surface area contributed by atoms with Crippen LogP contribution < -0.4 is 0 Å². The average molecular weight is 262 g/mol. The normalized spacial score (nSPS) is 16.2. The van der Waals surface area contributed by atoms with Gasteiger partial charge in [-0.25, -0.2) is 9.18 Å². The van der Waals surface area contributed by atoms with E-state index < -0.39 is 23.5 Å². The van der Waals surface area contributed by atoms with Gasteiger partial charge in [0.15, 0.2) is 0 Å². The largest absolute Gasteiger partial charge is 0.459 e. The number of halogens is 4. The van der Waals surface area contributed by atoms with E-state index in [1.165, 1.54) is 0 Å². The summed E-state index contributed by atoms with van der Waals surface area (Å²) in [5, 5.41) is 0. The molecule has 1 aliphatic rings. The molecule has 1 saturated carbocycles. The molecule has 0 aliphatic heterocycles. The van der Waals surface area contributed by atoms with Gasteiger partial charge in [-0.2, -0.15) is 13.2 Å². The van der Waals surface area contributed by atoms with E-state index in [1.54, 1.807) is 0 Å². The van der Waals surface area contributed by atoms with Gasteiger partial charge < -0.3 is 4.74 Å². The van der Waals surface area contributed by atoms with Crippen molar-refractivity contribution in [2.24, 2.45) is 0 Å². The lowest BCUT2D eigenvalue weighted by Gasteiger charge is -2.25. The summed E-state index contributed by atoms with van der Waals surface area (Å²) in [6.07, 6.45) is -2.67. The lowest BCUT2D eigenvalue weighted by Crippen LogP contribution is -2.25. The average Bonchev–Trinajstić information content (AvgIpc) is 2.22. The second-order valence-electron chi connectivity index (χ2n) is 4.15. The van der Waals surface area contributed by atoms with E-state index in [4.69, 9.17) is 4.74 Å². The minimum absolute atomic E-state index is 0.225. The molecule has 1 fully saturated rings. The highest BCUT2D eigenvalue weighted by Gasteiger charge is 2.35. The Morgan fingerprint density at radius 3 is 2.44 bits per heavy atom. The first-order chi connectivity index (χ1) is 8.38. The van der Waals surface area contributed by atoms with Crippen LogP contribution in [0.5, 0.6) is 0 Å². The number of hydrogen-bond donors (Lipinski definition) is 0. The smallest absolute Gasteiger partial charge is 0.419 e. The Bertz CT molecular complexity index is 464. The van der Waals surface area contributed by atoms with Gasteiger partial charge in [-0.15, -0.1) is 0 Å². The molecule has 0 amide bonds. The molecule has 0 radical (unpaired) electrons. The summed E-state index contributed by atoms with van der Waals surface area (Å²) in [7, 11) is 0. The molecule has 0 aromatic heterocycles. The molecular formula is C12H10F4O2. The van der Waals surface area contributed by atoms with Gasteiger partial charge in [0.2, 0.25) is 0 Å². The Labute approximate surface area is 101 Å². The van der Waals surface area contributed by atoms with E-state index in [0.717, 1.165) is 25.3 Å². The van der Waals surface area contributed by atoms with Gasteiger partial charge in [-0.3, -0.25) is 0 Å². The quantitative estimate of drug-likeness (QED) is 0.601. The first-order valence-corrected chi connectivity index (χ1v) is 5.45. The van der Waals surface area contributed by atoms with E-state index in [1.807, 2.05) is 0 Å². The third kappa shape index (κ3) is 2.63. The van der Waals surface area contributed by atoms with E-state index in [9.17, 15) is 22.4 Å². The zero-order valence-electron chi connectivity index (χ0n) is 9.26. The van der Waals surface area contributed by atoms with Crippen molar-refractivity contribution in [3.63, 3.8) is 0 Å². The Morgan fingerprint density at radius 1 is 1.28 bits per heavy atom. The number of ether oxygens (including phenoxy) is 1. The van der Waals surface area contributed by atoms with Gasteiger partial charge in [0, 0.05) is 0 Å². The molecule has 0 unspecified atom stereocenters. The van der Waals surface area contributed by atoms with Crippen molar-refractivity contribution in [2.75, 3.05) is 0 Å². The van der Waals surface area contributed by atoms with Crippen LogP contribution in [0.3, 0.4) is 0 Å². The Morgan fingerprint density at radius 2 is 1.94 bits per heavy atom. The molecule has 98 valence electrons. The highest BCUT2D eigenvalue weighted by atomic mass is 19.4. The molecule has 2 nitrogen and oxygen atoms in total. The fraction of sp³-hybridized carbons (Fsp3) is 0.417. The zero-order valence-corrected chi connectivity index (χ0v) is 9.26. The summed E-state index contributed by atoms with van der Waals surface area (Å²) in [4.78, 5) is 11.5. The molecule has 0 heterocycles. The number of rotatable bonds is 2. The summed E-state index contributed by atoms with van der Waals surface area (Å²) < 4.78 is 55.3. The minimum atomic E-state index is -4.82. The first kappa shape index (κ1) is 12.9. The molecular weight excluding hydrogens is 252 g/mol. The van der Waals surface area contributed by atoms with Crippen molar-refractivity contribution >= 4 is 5.97 Å². The molecule has 0 bridgehead atoms. The molecule has 2 rings (SSSR count). The Kier molecular flexibility index (Phi) is 3.28. The maximum atomic E-state index is 13.0. The standard InChI is InChI=1S/C12H10F4O2/c13-10-5-4-7(6-9(10)12(14,15)16)11(17)18-8-2-1-3-8/h4-6,8H,1-3H2. The second kappa shape index (κ2) is 4.59. The molecule has 0 saturated heterocycles. The molecule has 1 aliphatic carbocycles. The molecule has 1 aromatic carbocycles. The second-order valence-corrected chi connectivity index (χ2v) is 4.15. The van der Waals surface area contributed by atoms with Crippen LogP contribution in [-0.4, -0.2) is 12.1 Å². The number of carbonyl (C=O) groups is 1. The predicted molar refractivity (Wildman–Crippen MR) is 54.5 cm³/mol. The van der Waals surface area contributed by atoms with E-state index in [2.05, 4.69) is 0 Å². The van der Waals surface area contributed by atoms with Crippen LogP contribution in [-0.2, 0) is 10.9 Å². The number of hydrogen-bond acceptors (Lipinski definition) is 2. The summed E-state index contributed by atoms with van der Waals surface area (Å²) in [5.41, 5.74) is -1.74. The van der Waals surface area contributed by atoms with Crippen molar-refractivity contribution in [2.45, 2.75) is 31.5 Å². The number of alkyl halides is 3. The summed E-state index contributed by atoms with van der Waals surface area (Å²) in [6.45, 7) is 0. The maximum Gasteiger partial charge on any atom is 0.419 e.